The fourth-order valence-electron chi connectivity index (χ4n) is 3.20. The molecule has 3 rings (SSSR count). The SMILES string of the molecule is O=C(NC(c1ccncc1)c1ccc(F)cc1)C1CCCCC1. The molecule has 1 heterocycles. The Hall–Kier alpha value is -2.23. The quantitative estimate of drug-likeness (QED) is 0.927. The van der Waals surface area contributed by atoms with Gasteiger partial charge in [-0.05, 0) is 48.2 Å². The van der Waals surface area contributed by atoms with Gasteiger partial charge in [0, 0.05) is 18.3 Å². The Kier molecular flexibility index (Phi) is 5.01. The molecular weight excluding hydrogens is 291 g/mol. The summed E-state index contributed by atoms with van der Waals surface area (Å²) in [6.45, 7) is 0. The van der Waals surface area contributed by atoms with Crippen LogP contribution in [0.2, 0.25) is 0 Å². The molecule has 0 aliphatic heterocycles. The first-order valence-electron chi connectivity index (χ1n) is 8.20. The fourth-order valence-corrected chi connectivity index (χ4v) is 3.20. The minimum atomic E-state index is -0.277. The van der Waals surface area contributed by atoms with Gasteiger partial charge in [0.25, 0.3) is 0 Å². The number of hydrogen-bond acceptors (Lipinski definition) is 2. The molecule has 23 heavy (non-hydrogen) atoms. The number of rotatable bonds is 4. The van der Waals surface area contributed by atoms with E-state index in [0.29, 0.717) is 0 Å². The number of nitrogens with one attached hydrogen (secondary N) is 1. The monoisotopic (exact) mass is 312 g/mol. The van der Waals surface area contributed by atoms with Gasteiger partial charge in [0.2, 0.25) is 5.91 Å². The summed E-state index contributed by atoms with van der Waals surface area (Å²) in [7, 11) is 0. The highest BCUT2D eigenvalue weighted by Gasteiger charge is 2.24. The number of carbonyl (C=O) groups is 1. The van der Waals surface area contributed by atoms with E-state index in [1.54, 1.807) is 24.5 Å². The number of hydrogen-bond donors (Lipinski definition) is 1. The first-order chi connectivity index (χ1) is 11.2. The lowest BCUT2D eigenvalue weighted by Gasteiger charge is -2.25. The van der Waals surface area contributed by atoms with Crippen LogP contribution in [0.5, 0.6) is 0 Å². The van der Waals surface area contributed by atoms with Crippen LogP contribution in [0, 0.1) is 11.7 Å². The molecular formula is C19H21FN2O. The van der Waals surface area contributed by atoms with Crippen LogP contribution >= 0.6 is 0 Å². The number of halogens is 1. The molecule has 1 aromatic carbocycles. The van der Waals surface area contributed by atoms with Crippen LogP contribution in [0.15, 0.2) is 48.8 Å². The largest absolute Gasteiger partial charge is 0.345 e. The molecule has 1 amide bonds. The molecule has 3 nitrogen and oxygen atoms in total. The summed E-state index contributed by atoms with van der Waals surface area (Å²) in [6, 6.07) is 9.80. The summed E-state index contributed by atoms with van der Waals surface area (Å²) in [5.74, 6) is -0.0924. The summed E-state index contributed by atoms with van der Waals surface area (Å²) in [6.07, 6.45) is 8.78. The van der Waals surface area contributed by atoms with Gasteiger partial charge < -0.3 is 5.32 Å². The molecule has 2 aromatic rings. The minimum Gasteiger partial charge on any atom is -0.345 e. The van der Waals surface area contributed by atoms with Crippen molar-refractivity contribution < 1.29 is 9.18 Å². The molecule has 1 aliphatic carbocycles. The van der Waals surface area contributed by atoms with Crippen LogP contribution in [0.25, 0.3) is 0 Å². The van der Waals surface area contributed by atoms with Crippen LogP contribution in [0.4, 0.5) is 4.39 Å². The van der Waals surface area contributed by atoms with Gasteiger partial charge >= 0.3 is 0 Å². The molecule has 1 aromatic heterocycles. The maximum Gasteiger partial charge on any atom is 0.223 e. The molecule has 1 atom stereocenters. The average molecular weight is 312 g/mol. The number of carbonyl (C=O) groups excluding carboxylic acids is 1. The zero-order valence-corrected chi connectivity index (χ0v) is 13.0. The third-order valence-electron chi connectivity index (χ3n) is 4.51. The van der Waals surface area contributed by atoms with Crippen LogP contribution in [0.3, 0.4) is 0 Å². The maximum absolute atomic E-state index is 13.2. The summed E-state index contributed by atoms with van der Waals surface area (Å²) < 4.78 is 13.2. The Labute approximate surface area is 135 Å². The number of aromatic nitrogens is 1. The first-order valence-corrected chi connectivity index (χ1v) is 8.20. The van der Waals surface area contributed by atoms with Crippen molar-refractivity contribution in [2.45, 2.75) is 38.1 Å². The standard InChI is InChI=1S/C19H21FN2O/c20-17-8-6-14(7-9-17)18(15-10-12-21-13-11-15)22-19(23)16-4-2-1-3-5-16/h6-13,16,18H,1-5H2,(H,22,23). The highest BCUT2D eigenvalue weighted by Crippen LogP contribution is 2.27. The Balaban J connectivity index is 1.83. The Morgan fingerprint density at radius 1 is 1.00 bits per heavy atom. The van der Waals surface area contributed by atoms with Gasteiger partial charge in [-0.25, -0.2) is 4.39 Å². The number of benzene rings is 1. The molecule has 4 heteroatoms. The van der Waals surface area contributed by atoms with Crippen molar-refractivity contribution in [3.8, 4) is 0 Å². The normalized spacial score (nSPS) is 16.7. The minimum absolute atomic E-state index is 0.0912. The van der Waals surface area contributed by atoms with E-state index in [9.17, 15) is 9.18 Å². The van der Waals surface area contributed by atoms with E-state index in [1.807, 2.05) is 12.1 Å². The smallest absolute Gasteiger partial charge is 0.223 e. The van der Waals surface area contributed by atoms with E-state index in [-0.39, 0.29) is 23.7 Å². The van der Waals surface area contributed by atoms with Crippen LogP contribution in [0.1, 0.15) is 49.3 Å². The van der Waals surface area contributed by atoms with Crippen molar-refractivity contribution in [1.29, 1.82) is 0 Å². The van der Waals surface area contributed by atoms with E-state index in [1.165, 1.54) is 18.6 Å². The first kappa shape index (κ1) is 15.7. The van der Waals surface area contributed by atoms with Crippen LogP contribution in [-0.4, -0.2) is 10.9 Å². The zero-order valence-electron chi connectivity index (χ0n) is 13.0. The van der Waals surface area contributed by atoms with Gasteiger partial charge in [-0.3, -0.25) is 9.78 Å². The third kappa shape index (κ3) is 3.95. The Bertz CT molecular complexity index is 636. The predicted octanol–water partition coefficient (Wildman–Crippen LogP) is 4.01. The number of pyridine rings is 1. The molecule has 0 spiro atoms. The van der Waals surface area contributed by atoms with E-state index in [2.05, 4.69) is 10.3 Å². The molecule has 0 saturated heterocycles. The molecule has 1 aliphatic rings. The van der Waals surface area contributed by atoms with Gasteiger partial charge in [0.1, 0.15) is 5.82 Å². The van der Waals surface area contributed by atoms with Crippen LogP contribution in [-0.2, 0) is 4.79 Å². The average Bonchev–Trinajstić information content (AvgIpc) is 2.62. The summed E-state index contributed by atoms with van der Waals surface area (Å²) in [5.41, 5.74) is 1.83. The number of nitrogens with zero attached hydrogens (tertiary/aromatic N) is 1. The molecule has 120 valence electrons. The molecule has 1 N–H and O–H groups in total. The maximum atomic E-state index is 13.2. The lowest BCUT2D eigenvalue weighted by molar-refractivity contribution is -0.126. The molecule has 1 fully saturated rings. The zero-order chi connectivity index (χ0) is 16.1. The second kappa shape index (κ2) is 7.36. The van der Waals surface area contributed by atoms with Gasteiger partial charge in [-0.15, -0.1) is 0 Å². The van der Waals surface area contributed by atoms with Crippen molar-refractivity contribution in [2.75, 3.05) is 0 Å². The van der Waals surface area contributed by atoms with Crippen molar-refractivity contribution >= 4 is 5.91 Å². The summed E-state index contributed by atoms with van der Waals surface area (Å²) >= 11 is 0. The second-order valence-electron chi connectivity index (χ2n) is 6.11. The van der Waals surface area contributed by atoms with Gasteiger partial charge in [0.15, 0.2) is 0 Å². The molecule has 1 unspecified atom stereocenters. The Morgan fingerprint density at radius 3 is 2.26 bits per heavy atom. The van der Waals surface area contributed by atoms with Gasteiger partial charge in [-0.2, -0.15) is 0 Å². The van der Waals surface area contributed by atoms with E-state index in [4.69, 9.17) is 0 Å². The highest BCUT2D eigenvalue weighted by atomic mass is 19.1. The topological polar surface area (TPSA) is 42.0 Å². The van der Waals surface area contributed by atoms with Gasteiger partial charge in [0.05, 0.1) is 6.04 Å². The van der Waals surface area contributed by atoms with Crippen molar-refractivity contribution in [3.05, 3.63) is 65.7 Å². The summed E-state index contributed by atoms with van der Waals surface area (Å²) in [5, 5.41) is 3.15. The van der Waals surface area contributed by atoms with E-state index in [0.717, 1.165) is 36.8 Å². The number of amides is 1. The van der Waals surface area contributed by atoms with Crippen molar-refractivity contribution in [2.24, 2.45) is 5.92 Å². The van der Waals surface area contributed by atoms with Crippen molar-refractivity contribution in [3.63, 3.8) is 0 Å². The summed E-state index contributed by atoms with van der Waals surface area (Å²) in [4.78, 5) is 16.7. The lowest BCUT2D eigenvalue weighted by atomic mass is 9.88. The highest BCUT2D eigenvalue weighted by molar-refractivity contribution is 5.79. The van der Waals surface area contributed by atoms with Gasteiger partial charge in [-0.1, -0.05) is 31.4 Å². The fraction of sp³-hybridized carbons (Fsp3) is 0.368. The second-order valence-corrected chi connectivity index (χ2v) is 6.11. The van der Waals surface area contributed by atoms with Crippen molar-refractivity contribution in [1.82, 2.24) is 10.3 Å². The van der Waals surface area contributed by atoms with Crippen LogP contribution < -0.4 is 5.32 Å². The molecule has 0 radical (unpaired) electrons. The Morgan fingerprint density at radius 2 is 1.61 bits per heavy atom. The molecule has 1 saturated carbocycles. The predicted molar refractivity (Wildman–Crippen MR) is 87.2 cm³/mol. The van der Waals surface area contributed by atoms with E-state index < -0.39 is 0 Å². The lowest BCUT2D eigenvalue weighted by Crippen LogP contribution is -2.35. The third-order valence-corrected chi connectivity index (χ3v) is 4.51. The molecule has 0 bridgehead atoms. The van der Waals surface area contributed by atoms with E-state index >= 15 is 0 Å².